The van der Waals surface area contributed by atoms with E-state index < -0.39 is 12.1 Å². The molecule has 5 nitrogen and oxygen atoms in total. The number of carbonyl (C=O) groups is 1. The van der Waals surface area contributed by atoms with Crippen LogP contribution in [0.25, 0.3) is 10.9 Å². The number of rotatable bonds is 13. The number of fused-ring (bicyclic) bond motifs is 1. The predicted octanol–water partition coefficient (Wildman–Crippen LogP) is 5.98. The Kier molecular flexibility index (Phi) is 10.3. The van der Waals surface area contributed by atoms with E-state index in [0.717, 1.165) is 42.7 Å². The molecule has 0 spiro atoms. The van der Waals surface area contributed by atoms with Crippen molar-refractivity contribution in [3.05, 3.63) is 36.0 Å². The molecular weight excluding hydrogens is 439 g/mol. The molecule has 1 saturated heterocycles. The highest BCUT2D eigenvalue weighted by molar-refractivity contribution is 7.99. The smallest absolute Gasteiger partial charge is 0.303 e. The topological polar surface area (TPSA) is 62.7 Å². The number of hydrogen-bond acceptors (Lipinski definition) is 5. The number of methoxy groups -OCH3 is 1. The fraction of sp³-hybridized carbons (Fsp3) is 0.615. The summed E-state index contributed by atoms with van der Waals surface area (Å²) < 4.78 is 20.7. The lowest BCUT2D eigenvalue weighted by Gasteiger charge is -2.38. The number of aliphatic carboxylic acids is 1. The van der Waals surface area contributed by atoms with Crippen molar-refractivity contribution in [2.75, 3.05) is 38.2 Å². The van der Waals surface area contributed by atoms with E-state index >= 15 is 4.39 Å². The van der Waals surface area contributed by atoms with E-state index in [1.165, 1.54) is 18.6 Å². The van der Waals surface area contributed by atoms with Gasteiger partial charge in [-0.05, 0) is 79.6 Å². The highest BCUT2D eigenvalue weighted by Crippen LogP contribution is 2.36. The fourth-order valence-electron chi connectivity index (χ4n) is 4.80. The lowest BCUT2D eigenvalue weighted by molar-refractivity contribution is -0.139. The summed E-state index contributed by atoms with van der Waals surface area (Å²) in [5.74, 6) is 2.54. The average molecular weight is 477 g/mol. The van der Waals surface area contributed by atoms with Crippen LogP contribution in [-0.4, -0.2) is 59.2 Å². The van der Waals surface area contributed by atoms with Gasteiger partial charge >= 0.3 is 5.97 Å². The molecule has 2 aromatic rings. The quantitative estimate of drug-likeness (QED) is 0.359. The van der Waals surface area contributed by atoms with Crippen LogP contribution in [0.3, 0.4) is 0 Å². The molecule has 182 valence electrons. The molecule has 0 amide bonds. The van der Waals surface area contributed by atoms with Crippen LogP contribution in [0.1, 0.15) is 57.2 Å². The minimum Gasteiger partial charge on any atom is -0.497 e. The number of aromatic nitrogens is 1. The van der Waals surface area contributed by atoms with Gasteiger partial charge < -0.3 is 14.7 Å². The number of nitrogens with zero attached hydrogens (tertiary/aromatic N) is 2. The Labute approximate surface area is 201 Å². The van der Waals surface area contributed by atoms with Crippen LogP contribution in [0.2, 0.25) is 0 Å². The first-order chi connectivity index (χ1) is 16.0. The first-order valence-corrected chi connectivity index (χ1v) is 13.3. The Morgan fingerprint density at radius 2 is 2.18 bits per heavy atom. The lowest BCUT2D eigenvalue weighted by atomic mass is 9.79. The molecule has 0 radical (unpaired) electrons. The minimum absolute atomic E-state index is 0.0818. The molecule has 1 aliphatic rings. The van der Waals surface area contributed by atoms with E-state index in [9.17, 15) is 9.90 Å². The van der Waals surface area contributed by atoms with Gasteiger partial charge in [0.25, 0.3) is 0 Å². The zero-order valence-electron chi connectivity index (χ0n) is 19.8. The van der Waals surface area contributed by atoms with Crippen molar-refractivity contribution in [1.82, 2.24) is 9.88 Å². The molecule has 3 rings (SSSR count). The van der Waals surface area contributed by atoms with Crippen molar-refractivity contribution in [2.24, 2.45) is 11.8 Å². The highest BCUT2D eigenvalue weighted by atomic mass is 32.2. The van der Waals surface area contributed by atoms with Gasteiger partial charge in [0.15, 0.2) is 0 Å². The molecular formula is C26H37FN2O3S. The first kappa shape index (κ1) is 25.8. The number of pyridine rings is 1. The van der Waals surface area contributed by atoms with E-state index in [-0.39, 0.29) is 18.3 Å². The maximum absolute atomic E-state index is 15.4. The molecule has 1 fully saturated rings. The van der Waals surface area contributed by atoms with Gasteiger partial charge in [0.05, 0.1) is 12.6 Å². The van der Waals surface area contributed by atoms with E-state index in [2.05, 4.69) is 16.8 Å². The van der Waals surface area contributed by atoms with Crippen LogP contribution in [0.15, 0.2) is 30.5 Å². The van der Waals surface area contributed by atoms with Crippen molar-refractivity contribution < 1.29 is 19.0 Å². The Bertz CT molecular complexity index is 897. The summed E-state index contributed by atoms with van der Waals surface area (Å²) in [7, 11) is 1.60. The normalized spacial score (nSPS) is 20.1. The van der Waals surface area contributed by atoms with Crippen molar-refractivity contribution in [2.45, 2.75) is 51.6 Å². The number of benzene rings is 1. The van der Waals surface area contributed by atoms with Crippen LogP contribution < -0.4 is 4.74 Å². The van der Waals surface area contributed by atoms with Crippen molar-refractivity contribution >= 4 is 28.6 Å². The summed E-state index contributed by atoms with van der Waals surface area (Å²) in [5, 5.41) is 10.2. The zero-order chi connectivity index (χ0) is 23.6. The standard InChI is InChI=1S/C26H37FN2O3S/c1-3-4-14-33-15-13-29-12-10-19(20(18-29)16-26(30)31)5-7-24(27)22-9-11-28-25-8-6-21(32-2)17-23(22)25/h6,8-9,11,17,19-20,24H,3-5,7,10,12-16,18H2,1-2H3,(H,30,31)/t19-,20+,24-/m1/s1. The van der Waals surface area contributed by atoms with E-state index in [1.54, 1.807) is 19.4 Å². The number of carboxylic acid groups (broad SMARTS) is 1. The summed E-state index contributed by atoms with van der Waals surface area (Å²) in [6, 6.07) is 7.27. The van der Waals surface area contributed by atoms with Crippen LogP contribution in [-0.2, 0) is 4.79 Å². The summed E-state index contributed by atoms with van der Waals surface area (Å²) >= 11 is 1.98. The Balaban J connectivity index is 1.59. The van der Waals surface area contributed by atoms with Crippen molar-refractivity contribution in [3.63, 3.8) is 0 Å². The third-order valence-corrected chi connectivity index (χ3v) is 7.77. The van der Waals surface area contributed by atoms with E-state index in [1.807, 2.05) is 30.0 Å². The van der Waals surface area contributed by atoms with Crippen LogP contribution in [0, 0.1) is 11.8 Å². The first-order valence-electron chi connectivity index (χ1n) is 12.1. The van der Waals surface area contributed by atoms with Crippen LogP contribution >= 0.6 is 11.8 Å². The summed E-state index contributed by atoms with van der Waals surface area (Å²) in [6.07, 6.45) is 5.21. The molecule has 1 N–H and O–H groups in total. The summed E-state index contributed by atoms with van der Waals surface area (Å²) in [4.78, 5) is 18.3. The number of ether oxygens (including phenoxy) is 1. The molecule has 33 heavy (non-hydrogen) atoms. The number of piperidine rings is 1. The number of carboxylic acids is 1. The predicted molar refractivity (Wildman–Crippen MR) is 134 cm³/mol. The molecule has 7 heteroatoms. The molecule has 0 bridgehead atoms. The largest absolute Gasteiger partial charge is 0.497 e. The Morgan fingerprint density at radius 3 is 2.94 bits per heavy atom. The average Bonchev–Trinajstić information content (AvgIpc) is 2.82. The third-order valence-electron chi connectivity index (χ3n) is 6.72. The number of likely N-dealkylation sites (tertiary alicyclic amines) is 1. The second kappa shape index (κ2) is 13.1. The van der Waals surface area contributed by atoms with Crippen LogP contribution in [0.5, 0.6) is 5.75 Å². The highest BCUT2D eigenvalue weighted by Gasteiger charge is 2.31. The van der Waals surface area contributed by atoms with Crippen LogP contribution in [0.4, 0.5) is 4.39 Å². The molecule has 1 aromatic carbocycles. The SMILES string of the molecule is CCCCSCCN1CC[C@@H](CC[C@@H](F)c2ccnc3ccc(OC)cc23)[C@@H](CC(=O)O)C1. The van der Waals surface area contributed by atoms with Gasteiger partial charge in [0.1, 0.15) is 11.9 Å². The fourth-order valence-corrected chi connectivity index (χ4v) is 5.88. The van der Waals surface area contributed by atoms with Gasteiger partial charge in [0.2, 0.25) is 0 Å². The van der Waals surface area contributed by atoms with E-state index in [0.29, 0.717) is 24.2 Å². The number of halogens is 1. The lowest BCUT2D eigenvalue weighted by Crippen LogP contribution is -2.42. The zero-order valence-corrected chi connectivity index (χ0v) is 20.7. The van der Waals surface area contributed by atoms with Crippen molar-refractivity contribution in [3.8, 4) is 5.75 Å². The molecule has 0 unspecified atom stereocenters. The number of thioether (sulfide) groups is 1. The summed E-state index contributed by atoms with van der Waals surface area (Å²) in [5.41, 5.74) is 1.39. The molecule has 1 aliphatic heterocycles. The second-order valence-electron chi connectivity index (χ2n) is 9.00. The summed E-state index contributed by atoms with van der Waals surface area (Å²) in [6.45, 7) is 4.99. The second-order valence-corrected chi connectivity index (χ2v) is 10.2. The number of alkyl halides is 1. The molecule has 0 saturated carbocycles. The van der Waals surface area contributed by atoms with E-state index in [4.69, 9.17) is 4.74 Å². The van der Waals surface area contributed by atoms with Gasteiger partial charge in [-0.3, -0.25) is 9.78 Å². The Hall–Kier alpha value is -1.86. The van der Waals surface area contributed by atoms with Gasteiger partial charge in [0, 0.05) is 36.8 Å². The van der Waals surface area contributed by atoms with Gasteiger partial charge in [-0.1, -0.05) is 13.3 Å². The number of unbranched alkanes of at least 4 members (excludes halogenated alkanes) is 1. The van der Waals surface area contributed by atoms with Crippen molar-refractivity contribution in [1.29, 1.82) is 0 Å². The monoisotopic (exact) mass is 476 g/mol. The Morgan fingerprint density at radius 1 is 1.33 bits per heavy atom. The maximum Gasteiger partial charge on any atom is 0.303 e. The van der Waals surface area contributed by atoms with Gasteiger partial charge in [-0.15, -0.1) is 0 Å². The maximum atomic E-state index is 15.4. The van der Waals surface area contributed by atoms with Gasteiger partial charge in [-0.25, -0.2) is 4.39 Å². The molecule has 1 aromatic heterocycles. The molecule has 0 aliphatic carbocycles. The number of hydrogen-bond donors (Lipinski definition) is 1. The molecule has 3 atom stereocenters. The minimum atomic E-state index is -1.11. The molecule has 2 heterocycles. The van der Waals surface area contributed by atoms with Gasteiger partial charge in [-0.2, -0.15) is 11.8 Å². The third kappa shape index (κ3) is 7.57.